The second-order valence-electron chi connectivity index (χ2n) is 0.410. The van der Waals surface area contributed by atoms with Gasteiger partial charge in [0.25, 0.3) is 0 Å². The van der Waals surface area contributed by atoms with E-state index in [0.29, 0.717) is 0 Å². The molecule has 2 nitrogen and oxygen atoms in total. The Kier molecular flexibility index (Phi) is 7.13. The molecule has 0 heterocycles. The molecule has 0 N–H and O–H groups in total. The van der Waals surface area contributed by atoms with Crippen molar-refractivity contribution in [3.63, 3.8) is 0 Å². The molecule has 6 heavy (non-hydrogen) atoms. The predicted octanol–water partition coefficient (Wildman–Crippen LogP) is 2.74. The average molecular weight is 156 g/mol. The fourth-order valence-electron chi connectivity index (χ4n) is 0.0462. The van der Waals surface area contributed by atoms with Gasteiger partial charge in [-0.3, -0.25) is 0 Å². The van der Waals surface area contributed by atoms with E-state index in [0.717, 1.165) is 16.1 Å². The maximum atomic E-state index is 3.69. The van der Waals surface area contributed by atoms with Crippen molar-refractivity contribution in [2.45, 2.75) is 0 Å². The van der Waals surface area contributed by atoms with Gasteiger partial charge in [-0.05, 0) is 18.8 Å². The molecule has 0 aromatic heterocycles. The van der Waals surface area contributed by atoms with E-state index >= 15 is 0 Å². The molecule has 34 valence electrons. The van der Waals surface area contributed by atoms with E-state index in [1.165, 1.54) is 0 Å². The molecule has 0 spiro atoms. The van der Waals surface area contributed by atoms with Crippen LogP contribution in [0.25, 0.3) is 0 Å². The molecule has 0 aliphatic carbocycles. The summed E-state index contributed by atoms with van der Waals surface area (Å²) >= 11 is 0. The zero-order chi connectivity index (χ0) is 4.83. The van der Waals surface area contributed by atoms with Gasteiger partial charge in [-0.15, -0.1) is 0 Å². The first-order valence-electron chi connectivity index (χ1n) is 1.12. The van der Waals surface area contributed by atoms with Gasteiger partial charge >= 0.3 is 0 Å². The first-order valence-corrected chi connectivity index (χ1v) is 4.55. The van der Waals surface area contributed by atoms with Crippen molar-refractivity contribution in [3.05, 3.63) is 0 Å². The molecule has 0 aliphatic heterocycles. The fourth-order valence-corrected chi connectivity index (χ4v) is 1.25. The summed E-state index contributed by atoms with van der Waals surface area (Å²) in [5, 5.41) is 0. The van der Waals surface area contributed by atoms with Crippen molar-refractivity contribution in [2.24, 2.45) is 9.03 Å². The molecule has 0 aliphatic rings. The first-order chi connectivity index (χ1) is 2.91. The third-order valence-corrected chi connectivity index (χ3v) is 3.15. The lowest BCUT2D eigenvalue weighted by Crippen LogP contribution is -0.966. The van der Waals surface area contributed by atoms with Crippen LogP contribution in [0.15, 0.2) is 9.03 Å². The molecule has 0 saturated carbocycles. The highest BCUT2D eigenvalue weighted by Gasteiger charge is 1.54. The highest BCUT2D eigenvalue weighted by atomic mass is 32.0. The minimum atomic E-state index is 0.984. The Morgan fingerprint density at radius 1 is 1.00 bits per heavy atom. The fraction of sp³-hybridized carbons (Fsp3) is 0. The van der Waals surface area contributed by atoms with Gasteiger partial charge in [-0.1, -0.05) is 0 Å². The summed E-state index contributed by atoms with van der Waals surface area (Å²) in [4.78, 5) is 0. The molecule has 0 bridgehead atoms. The van der Waals surface area contributed by atoms with Crippen LogP contribution in [0.4, 0.5) is 0 Å². The maximum Gasteiger partial charge on any atom is 0.0886 e. The summed E-state index contributed by atoms with van der Waals surface area (Å²) in [5.74, 6) is 0. The summed E-state index contributed by atoms with van der Waals surface area (Å²) in [6, 6.07) is 0. The molecule has 0 rings (SSSR count). The molecule has 2 atom stereocenters. The van der Waals surface area contributed by atoms with Gasteiger partial charge in [0.15, 0.2) is 0 Å². The Labute approximate surface area is 44.7 Å². The molecule has 2 unspecified atom stereocenters. The van der Waals surface area contributed by atoms with Crippen molar-refractivity contribution in [2.75, 3.05) is 0 Å². The summed E-state index contributed by atoms with van der Waals surface area (Å²) in [7, 11) is 6.50. The first kappa shape index (κ1) is 7.06. The van der Waals surface area contributed by atoms with Crippen molar-refractivity contribution < 1.29 is 0 Å². The van der Waals surface area contributed by atoms with E-state index in [-0.39, 0.29) is 0 Å². The van der Waals surface area contributed by atoms with Crippen LogP contribution in [0.2, 0.25) is 0 Å². The second kappa shape index (κ2) is 6.06. The molecule has 0 fully saturated rings. The quantitative estimate of drug-likeness (QED) is 0.521. The van der Waals surface area contributed by atoms with Gasteiger partial charge < -0.3 is 0 Å². The SMILES string of the molecule is PN=PP=NP. The number of hydrogen-bond acceptors (Lipinski definition) is 2. The number of hydrogen-bond donors (Lipinski definition) is 0. The molecule has 6 heteroatoms. The average Bonchev–Trinajstić information content (AvgIpc) is 1.61. The molecule has 0 radical (unpaired) electrons. The Morgan fingerprint density at radius 3 is 1.50 bits per heavy atom. The van der Waals surface area contributed by atoms with Crippen molar-refractivity contribution in [1.29, 1.82) is 0 Å². The summed E-state index contributed by atoms with van der Waals surface area (Å²) in [5.41, 5.74) is 0. The minimum Gasteiger partial charge on any atom is -0.241 e. The third-order valence-electron chi connectivity index (χ3n) is 0.143. The normalized spacial score (nSPS) is 11.7. The van der Waals surface area contributed by atoms with Gasteiger partial charge in [-0.2, -0.15) is 0 Å². The molecule has 0 amide bonds. The van der Waals surface area contributed by atoms with Crippen LogP contribution in [0.1, 0.15) is 0 Å². The Hall–Kier alpha value is 1.06. The van der Waals surface area contributed by atoms with E-state index in [4.69, 9.17) is 0 Å². The van der Waals surface area contributed by atoms with Crippen molar-refractivity contribution in [1.82, 2.24) is 0 Å². The lowest BCUT2D eigenvalue weighted by atomic mass is 13.9. The van der Waals surface area contributed by atoms with Crippen molar-refractivity contribution in [3.8, 4) is 0 Å². The van der Waals surface area contributed by atoms with Crippen LogP contribution >= 0.6 is 34.9 Å². The Balaban J connectivity index is 3.07. The van der Waals surface area contributed by atoms with Crippen LogP contribution in [0.5, 0.6) is 0 Å². The van der Waals surface area contributed by atoms with Crippen LogP contribution in [-0.4, -0.2) is 0 Å². The Bertz CT molecular complexity index is 53.9. The number of nitrogens with zero attached hydrogens (tertiary/aromatic N) is 2. The minimum absolute atomic E-state index is 0.984. The molecular weight excluding hydrogens is 152 g/mol. The smallest absolute Gasteiger partial charge is 0.0886 e. The van der Waals surface area contributed by atoms with E-state index in [2.05, 4.69) is 27.8 Å². The third kappa shape index (κ3) is 5.06. The summed E-state index contributed by atoms with van der Waals surface area (Å²) < 4.78 is 7.39. The summed E-state index contributed by atoms with van der Waals surface area (Å²) in [6.07, 6.45) is 0. The topological polar surface area (TPSA) is 24.7 Å². The lowest BCUT2D eigenvalue weighted by Gasteiger charge is -1.60. The van der Waals surface area contributed by atoms with E-state index < -0.39 is 0 Å². The van der Waals surface area contributed by atoms with E-state index in [1.807, 2.05) is 0 Å². The monoisotopic (exact) mass is 156 g/mol. The van der Waals surface area contributed by atoms with Crippen LogP contribution in [-0.2, 0) is 0 Å². The molecule has 0 aromatic rings. The standard InChI is InChI=1S/H4N2P4/c3-1-5-6-2-4/h3-4H2. The van der Waals surface area contributed by atoms with Crippen molar-refractivity contribution >= 4 is 34.9 Å². The molecule has 0 saturated heterocycles. The highest BCUT2D eigenvalue weighted by Crippen LogP contribution is 2.24. The zero-order valence-electron chi connectivity index (χ0n) is 2.94. The molecule has 0 aromatic carbocycles. The van der Waals surface area contributed by atoms with Gasteiger partial charge in [-0.25, -0.2) is 9.03 Å². The number of rotatable bonds is 1. The van der Waals surface area contributed by atoms with Crippen LogP contribution in [0.3, 0.4) is 0 Å². The molecular formula is H4N2P4. The predicted molar refractivity (Wildman–Crippen MR) is 38.1 cm³/mol. The van der Waals surface area contributed by atoms with Crippen LogP contribution in [0, 0.1) is 0 Å². The van der Waals surface area contributed by atoms with Crippen LogP contribution < -0.4 is 0 Å². The van der Waals surface area contributed by atoms with Gasteiger partial charge in [0, 0.05) is 0 Å². The van der Waals surface area contributed by atoms with Gasteiger partial charge in [0.1, 0.15) is 0 Å². The summed E-state index contributed by atoms with van der Waals surface area (Å²) in [6.45, 7) is 0. The second-order valence-corrected chi connectivity index (χ2v) is 3.69. The lowest BCUT2D eigenvalue weighted by molar-refractivity contribution is 2.09. The van der Waals surface area contributed by atoms with E-state index in [1.54, 1.807) is 0 Å². The van der Waals surface area contributed by atoms with Gasteiger partial charge in [0.2, 0.25) is 0 Å². The van der Waals surface area contributed by atoms with E-state index in [9.17, 15) is 0 Å². The van der Waals surface area contributed by atoms with Gasteiger partial charge in [0.05, 0.1) is 16.1 Å². The highest BCUT2D eigenvalue weighted by molar-refractivity contribution is 8.03. The zero-order valence-corrected chi connectivity index (χ0v) is 7.04. The Morgan fingerprint density at radius 2 is 1.33 bits per heavy atom. The largest absolute Gasteiger partial charge is 0.241 e. The maximum absolute atomic E-state index is 3.69.